The first-order chi connectivity index (χ1) is 8.19. The molecule has 0 aromatic heterocycles. The molecule has 1 atom stereocenters. The van der Waals surface area contributed by atoms with Crippen LogP contribution in [-0.4, -0.2) is 38.8 Å². The molecule has 0 saturated carbocycles. The summed E-state index contributed by atoms with van der Waals surface area (Å²) in [7, 11) is 3.84. The van der Waals surface area contributed by atoms with Gasteiger partial charge in [0.2, 0.25) is 0 Å². The maximum absolute atomic E-state index is 5.87. The van der Waals surface area contributed by atoms with Gasteiger partial charge in [-0.05, 0) is 31.2 Å². The highest BCUT2D eigenvalue weighted by Gasteiger charge is 2.14. The van der Waals surface area contributed by atoms with Crippen LogP contribution in [0.15, 0.2) is 28.7 Å². The number of hydrogen-bond donors (Lipinski definition) is 1. The number of hydrogen-bond acceptors (Lipinski definition) is 3. The van der Waals surface area contributed by atoms with Crippen LogP contribution in [0.2, 0.25) is 0 Å². The van der Waals surface area contributed by atoms with Gasteiger partial charge in [-0.3, -0.25) is 4.90 Å². The molecular formula is C13H21BrN2O. The second kappa shape index (κ2) is 7.82. The molecule has 1 aromatic rings. The Bertz CT molecular complexity index is 333. The first-order valence-corrected chi connectivity index (χ1v) is 6.63. The first kappa shape index (κ1) is 14.6. The lowest BCUT2D eigenvalue weighted by Gasteiger charge is -2.27. The summed E-state index contributed by atoms with van der Waals surface area (Å²) < 4.78 is 6.16. The molecule has 1 rings (SSSR count). The molecule has 0 amide bonds. The normalized spacial score (nSPS) is 13.0. The van der Waals surface area contributed by atoms with Crippen molar-refractivity contribution in [1.82, 2.24) is 4.90 Å². The summed E-state index contributed by atoms with van der Waals surface area (Å²) in [5.41, 5.74) is 7.12. The van der Waals surface area contributed by atoms with E-state index in [0.29, 0.717) is 6.54 Å². The monoisotopic (exact) mass is 300 g/mol. The van der Waals surface area contributed by atoms with Crippen molar-refractivity contribution in [2.45, 2.75) is 12.5 Å². The first-order valence-electron chi connectivity index (χ1n) is 5.83. The minimum absolute atomic E-state index is 0.268. The zero-order valence-corrected chi connectivity index (χ0v) is 12.1. The number of halogens is 1. The predicted octanol–water partition coefficient (Wildman–Crippen LogP) is 2.42. The van der Waals surface area contributed by atoms with Crippen molar-refractivity contribution in [3.05, 3.63) is 34.3 Å². The van der Waals surface area contributed by atoms with Gasteiger partial charge in [-0.1, -0.05) is 28.1 Å². The van der Waals surface area contributed by atoms with Crippen molar-refractivity contribution in [3.63, 3.8) is 0 Å². The fourth-order valence-electron chi connectivity index (χ4n) is 1.90. The van der Waals surface area contributed by atoms with Gasteiger partial charge < -0.3 is 10.5 Å². The van der Waals surface area contributed by atoms with Gasteiger partial charge in [-0.2, -0.15) is 0 Å². The molecule has 1 aromatic carbocycles. The molecule has 1 unspecified atom stereocenters. The van der Waals surface area contributed by atoms with Gasteiger partial charge in [0.25, 0.3) is 0 Å². The Hall–Kier alpha value is -0.420. The Balaban J connectivity index is 2.63. The summed E-state index contributed by atoms with van der Waals surface area (Å²) in [6.07, 6.45) is 1.03. The molecule has 17 heavy (non-hydrogen) atoms. The van der Waals surface area contributed by atoms with Gasteiger partial charge in [0.15, 0.2) is 0 Å². The highest BCUT2D eigenvalue weighted by Crippen LogP contribution is 2.21. The SMILES string of the molecule is COCCCN(C)C(CN)c1cccc(Br)c1. The van der Waals surface area contributed by atoms with Gasteiger partial charge in [0.1, 0.15) is 0 Å². The third-order valence-corrected chi connectivity index (χ3v) is 3.34. The molecule has 3 nitrogen and oxygen atoms in total. The van der Waals surface area contributed by atoms with E-state index < -0.39 is 0 Å². The van der Waals surface area contributed by atoms with Crippen LogP contribution in [0.1, 0.15) is 18.0 Å². The average Bonchev–Trinajstić information content (AvgIpc) is 2.30. The van der Waals surface area contributed by atoms with E-state index in [-0.39, 0.29) is 6.04 Å². The highest BCUT2D eigenvalue weighted by atomic mass is 79.9. The van der Waals surface area contributed by atoms with E-state index in [2.05, 4.69) is 40.0 Å². The van der Waals surface area contributed by atoms with Crippen molar-refractivity contribution in [1.29, 1.82) is 0 Å². The number of methoxy groups -OCH3 is 1. The molecule has 0 radical (unpaired) electrons. The Labute approximate surface area is 112 Å². The maximum Gasteiger partial charge on any atom is 0.0474 e. The molecular weight excluding hydrogens is 280 g/mol. The zero-order valence-electron chi connectivity index (χ0n) is 10.5. The Morgan fingerprint density at radius 2 is 2.24 bits per heavy atom. The number of benzene rings is 1. The van der Waals surface area contributed by atoms with Crippen LogP contribution in [-0.2, 0) is 4.74 Å². The van der Waals surface area contributed by atoms with E-state index in [1.165, 1.54) is 5.56 Å². The summed E-state index contributed by atoms with van der Waals surface area (Å²) in [4.78, 5) is 2.28. The average molecular weight is 301 g/mol. The van der Waals surface area contributed by atoms with Crippen molar-refractivity contribution in [2.24, 2.45) is 5.73 Å². The van der Waals surface area contributed by atoms with Crippen LogP contribution in [0.3, 0.4) is 0 Å². The largest absolute Gasteiger partial charge is 0.385 e. The standard InChI is InChI=1S/C13H21BrN2O/c1-16(7-4-8-17-2)13(10-15)11-5-3-6-12(14)9-11/h3,5-6,9,13H,4,7-8,10,15H2,1-2H3. The van der Waals surface area contributed by atoms with Crippen LogP contribution in [0.4, 0.5) is 0 Å². The Morgan fingerprint density at radius 3 is 2.82 bits per heavy atom. The number of rotatable bonds is 7. The summed E-state index contributed by atoms with van der Waals surface area (Å²) in [6.45, 7) is 2.41. The number of nitrogens with two attached hydrogens (primary N) is 1. The van der Waals surface area contributed by atoms with E-state index in [0.717, 1.165) is 24.0 Å². The van der Waals surface area contributed by atoms with Crippen LogP contribution in [0.5, 0.6) is 0 Å². The smallest absolute Gasteiger partial charge is 0.0474 e. The molecule has 0 aliphatic rings. The van der Waals surface area contributed by atoms with E-state index in [1.807, 2.05) is 12.1 Å². The Kier molecular flexibility index (Phi) is 6.73. The molecule has 0 aliphatic heterocycles. The van der Waals surface area contributed by atoms with E-state index >= 15 is 0 Å². The second-order valence-electron chi connectivity index (χ2n) is 4.13. The lowest BCUT2D eigenvalue weighted by molar-refractivity contribution is 0.166. The van der Waals surface area contributed by atoms with Crippen molar-refractivity contribution >= 4 is 15.9 Å². The van der Waals surface area contributed by atoms with Crippen LogP contribution >= 0.6 is 15.9 Å². The topological polar surface area (TPSA) is 38.5 Å². The number of likely N-dealkylation sites (N-methyl/N-ethyl adjacent to an activating group) is 1. The molecule has 0 fully saturated rings. The third-order valence-electron chi connectivity index (χ3n) is 2.85. The highest BCUT2D eigenvalue weighted by molar-refractivity contribution is 9.10. The lowest BCUT2D eigenvalue weighted by Crippen LogP contribution is -2.31. The Morgan fingerprint density at radius 1 is 1.47 bits per heavy atom. The molecule has 0 aliphatic carbocycles. The molecule has 0 saturated heterocycles. The van der Waals surface area contributed by atoms with Crippen LogP contribution in [0, 0.1) is 0 Å². The number of ether oxygens (including phenoxy) is 1. The quantitative estimate of drug-likeness (QED) is 0.786. The maximum atomic E-state index is 5.87. The van der Waals surface area contributed by atoms with E-state index in [4.69, 9.17) is 10.5 Å². The van der Waals surface area contributed by atoms with Gasteiger partial charge in [0, 0.05) is 37.3 Å². The van der Waals surface area contributed by atoms with Crippen LogP contribution in [0.25, 0.3) is 0 Å². The predicted molar refractivity (Wildman–Crippen MR) is 75.1 cm³/mol. The van der Waals surface area contributed by atoms with Crippen molar-refractivity contribution in [2.75, 3.05) is 33.9 Å². The van der Waals surface area contributed by atoms with Gasteiger partial charge >= 0.3 is 0 Å². The molecule has 2 N–H and O–H groups in total. The van der Waals surface area contributed by atoms with E-state index in [1.54, 1.807) is 7.11 Å². The molecule has 0 heterocycles. The summed E-state index contributed by atoms with van der Waals surface area (Å²) in [5.74, 6) is 0. The fourth-order valence-corrected chi connectivity index (χ4v) is 2.32. The summed E-state index contributed by atoms with van der Waals surface area (Å²) in [6, 6.07) is 8.59. The van der Waals surface area contributed by atoms with Crippen molar-refractivity contribution in [3.8, 4) is 0 Å². The van der Waals surface area contributed by atoms with Crippen molar-refractivity contribution < 1.29 is 4.74 Å². The van der Waals surface area contributed by atoms with Crippen LogP contribution < -0.4 is 5.73 Å². The fraction of sp³-hybridized carbons (Fsp3) is 0.538. The summed E-state index contributed by atoms with van der Waals surface area (Å²) in [5, 5.41) is 0. The molecule has 96 valence electrons. The van der Waals surface area contributed by atoms with Gasteiger partial charge in [0.05, 0.1) is 0 Å². The molecule has 0 spiro atoms. The third kappa shape index (κ3) is 4.76. The molecule has 4 heteroatoms. The van der Waals surface area contributed by atoms with Gasteiger partial charge in [-0.25, -0.2) is 0 Å². The minimum atomic E-state index is 0.268. The van der Waals surface area contributed by atoms with Gasteiger partial charge in [-0.15, -0.1) is 0 Å². The zero-order chi connectivity index (χ0) is 12.7. The lowest BCUT2D eigenvalue weighted by atomic mass is 10.1. The minimum Gasteiger partial charge on any atom is -0.385 e. The van der Waals surface area contributed by atoms with E-state index in [9.17, 15) is 0 Å². The molecule has 0 bridgehead atoms. The number of nitrogens with zero attached hydrogens (tertiary/aromatic N) is 1. The summed E-state index contributed by atoms with van der Waals surface area (Å²) >= 11 is 3.49. The second-order valence-corrected chi connectivity index (χ2v) is 5.05.